The number of esters is 1. The zero-order valence-corrected chi connectivity index (χ0v) is 14.1. The lowest BCUT2D eigenvalue weighted by molar-refractivity contribution is -0.139. The Morgan fingerprint density at radius 1 is 1.00 bits per heavy atom. The van der Waals surface area contributed by atoms with Crippen molar-refractivity contribution in [2.45, 2.75) is 64.2 Å². The second-order valence-electron chi connectivity index (χ2n) is 6.96. The quantitative estimate of drug-likeness (QED) is 0.510. The zero-order valence-electron chi connectivity index (χ0n) is 14.1. The minimum Gasteiger partial charge on any atom is -0.462 e. The van der Waals surface area contributed by atoms with E-state index in [0.29, 0.717) is 6.61 Å². The number of allylic oxidation sites excluding steroid dienone is 1. The van der Waals surface area contributed by atoms with Crippen LogP contribution in [-0.2, 0) is 9.53 Å². The summed E-state index contributed by atoms with van der Waals surface area (Å²) < 4.78 is 5.60. The van der Waals surface area contributed by atoms with Crippen LogP contribution in [0.5, 0.6) is 0 Å². The molecule has 0 heterocycles. The van der Waals surface area contributed by atoms with E-state index < -0.39 is 0 Å². The molecule has 0 bridgehead atoms. The minimum absolute atomic E-state index is 0.0741. The Balaban J connectivity index is 1.56. The number of rotatable bonds is 6. The van der Waals surface area contributed by atoms with Crippen LogP contribution >= 0.6 is 0 Å². The monoisotopic (exact) mass is 312 g/mol. The van der Waals surface area contributed by atoms with Gasteiger partial charge in [0.15, 0.2) is 0 Å². The standard InChI is InChI=1S/C21H28O2/c22-21(23-16-8-11-17-9-4-5-10-17)20-15-7-6-14-19(20)18-12-2-1-3-13-18/h1-3,12-13,17H,4-11,14-16H2. The van der Waals surface area contributed by atoms with Gasteiger partial charge in [-0.3, -0.25) is 0 Å². The van der Waals surface area contributed by atoms with Crippen LogP contribution in [-0.4, -0.2) is 12.6 Å². The van der Waals surface area contributed by atoms with Gasteiger partial charge in [0.1, 0.15) is 0 Å². The number of carbonyl (C=O) groups is 1. The van der Waals surface area contributed by atoms with Crippen molar-refractivity contribution in [2.75, 3.05) is 6.61 Å². The SMILES string of the molecule is O=C(OCCCC1CCCC1)C1=C(c2ccccc2)CCCC1. The molecular weight excluding hydrogens is 284 g/mol. The highest BCUT2D eigenvalue weighted by Crippen LogP contribution is 2.33. The Morgan fingerprint density at radius 2 is 1.74 bits per heavy atom. The molecule has 1 fully saturated rings. The number of benzene rings is 1. The summed E-state index contributed by atoms with van der Waals surface area (Å²) in [6.07, 6.45) is 11.9. The number of hydrogen-bond acceptors (Lipinski definition) is 2. The van der Waals surface area contributed by atoms with Gasteiger partial charge in [0, 0.05) is 5.57 Å². The molecule has 0 aromatic heterocycles. The van der Waals surface area contributed by atoms with Crippen molar-refractivity contribution in [3.05, 3.63) is 41.5 Å². The van der Waals surface area contributed by atoms with Crippen molar-refractivity contribution in [1.29, 1.82) is 0 Å². The van der Waals surface area contributed by atoms with E-state index in [1.54, 1.807) is 0 Å². The lowest BCUT2D eigenvalue weighted by Crippen LogP contribution is -2.14. The molecule has 1 saturated carbocycles. The van der Waals surface area contributed by atoms with Crippen molar-refractivity contribution in [1.82, 2.24) is 0 Å². The van der Waals surface area contributed by atoms with E-state index in [1.807, 2.05) is 18.2 Å². The number of hydrogen-bond donors (Lipinski definition) is 0. The van der Waals surface area contributed by atoms with Gasteiger partial charge in [0.25, 0.3) is 0 Å². The lowest BCUT2D eigenvalue weighted by atomic mass is 9.87. The molecule has 2 nitrogen and oxygen atoms in total. The number of carbonyl (C=O) groups excluding carboxylic acids is 1. The van der Waals surface area contributed by atoms with Crippen LogP contribution in [0.1, 0.15) is 69.8 Å². The molecule has 3 rings (SSSR count). The third kappa shape index (κ3) is 4.46. The second kappa shape index (κ2) is 8.33. The first-order valence-corrected chi connectivity index (χ1v) is 9.29. The second-order valence-corrected chi connectivity index (χ2v) is 6.96. The molecule has 2 aliphatic rings. The Hall–Kier alpha value is -1.57. The van der Waals surface area contributed by atoms with Crippen LogP contribution in [0.3, 0.4) is 0 Å². The molecule has 0 unspecified atom stereocenters. The van der Waals surface area contributed by atoms with Crippen molar-refractivity contribution >= 4 is 11.5 Å². The molecule has 1 aromatic carbocycles. The van der Waals surface area contributed by atoms with Gasteiger partial charge in [-0.1, -0.05) is 56.0 Å². The average Bonchev–Trinajstić information content (AvgIpc) is 3.13. The summed E-state index contributed by atoms with van der Waals surface area (Å²) in [4.78, 5) is 12.5. The Labute approximate surface area is 139 Å². The van der Waals surface area contributed by atoms with Gasteiger partial charge in [-0.25, -0.2) is 4.79 Å². The largest absolute Gasteiger partial charge is 0.462 e. The Bertz CT molecular complexity index is 538. The third-order valence-corrected chi connectivity index (χ3v) is 5.30. The van der Waals surface area contributed by atoms with E-state index in [9.17, 15) is 4.79 Å². The van der Waals surface area contributed by atoms with Gasteiger partial charge in [0.05, 0.1) is 6.61 Å². The van der Waals surface area contributed by atoms with Crippen LogP contribution in [0.2, 0.25) is 0 Å². The van der Waals surface area contributed by atoms with E-state index >= 15 is 0 Å². The first kappa shape index (κ1) is 16.3. The van der Waals surface area contributed by atoms with E-state index in [0.717, 1.165) is 37.2 Å². The fraction of sp³-hybridized carbons (Fsp3) is 0.571. The molecular formula is C21H28O2. The molecule has 124 valence electrons. The van der Waals surface area contributed by atoms with Crippen LogP contribution in [0.25, 0.3) is 5.57 Å². The summed E-state index contributed by atoms with van der Waals surface area (Å²) in [6, 6.07) is 10.3. The molecule has 2 heteroatoms. The first-order chi connectivity index (χ1) is 11.3. The summed E-state index contributed by atoms with van der Waals surface area (Å²) >= 11 is 0. The molecule has 1 aromatic rings. The fourth-order valence-electron chi connectivity index (χ4n) is 4.01. The first-order valence-electron chi connectivity index (χ1n) is 9.29. The molecule has 0 amide bonds. The van der Waals surface area contributed by atoms with Crippen LogP contribution in [0.15, 0.2) is 35.9 Å². The Kier molecular flexibility index (Phi) is 5.90. The van der Waals surface area contributed by atoms with Gasteiger partial charge in [-0.2, -0.15) is 0 Å². The molecule has 2 aliphatic carbocycles. The maximum atomic E-state index is 12.5. The predicted molar refractivity (Wildman–Crippen MR) is 94.0 cm³/mol. The highest BCUT2D eigenvalue weighted by atomic mass is 16.5. The van der Waals surface area contributed by atoms with Gasteiger partial charge in [-0.05, 0) is 55.6 Å². The summed E-state index contributed by atoms with van der Waals surface area (Å²) in [5, 5.41) is 0. The molecule has 0 saturated heterocycles. The summed E-state index contributed by atoms with van der Waals surface area (Å²) in [6.45, 7) is 0.584. The molecule has 0 N–H and O–H groups in total. The van der Waals surface area contributed by atoms with Gasteiger partial charge >= 0.3 is 5.97 Å². The average molecular weight is 312 g/mol. The predicted octanol–water partition coefficient (Wildman–Crippen LogP) is 5.53. The summed E-state index contributed by atoms with van der Waals surface area (Å²) in [5.74, 6) is 0.803. The number of ether oxygens (including phenoxy) is 1. The maximum Gasteiger partial charge on any atom is 0.334 e. The normalized spacial score (nSPS) is 19.1. The highest BCUT2D eigenvalue weighted by molar-refractivity contribution is 5.98. The van der Waals surface area contributed by atoms with E-state index in [4.69, 9.17) is 4.74 Å². The van der Waals surface area contributed by atoms with Gasteiger partial charge in [0.2, 0.25) is 0 Å². The smallest absolute Gasteiger partial charge is 0.334 e. The van der Waals surface area contributed by atoms with Gasteiger partial charge in [-0.15, -0.1) is 0 Å². The van der Waals surface area contributed by atoms with Crippen molar-refractivity contribution < 1.29 is 9.53 Å². The molecule has 0 aliphatic heterocycles. The Morgan fingerprint density at radius 3 is 2.52 bits per heavy atom. The van der Waals surface area contributed by atoms with Crippen LogP contribution in [0.4, 0.5) is 0 Å². The highest BCUT2D eigenvalue weighted by Gasteiger charge is 2.21. The maximum absolute atomic E-state index is 12.5. The van der Waals surface area contributed by atoms with Crippen molar-refractivity contribution in [3.63, 3.8) is 0 Å². The zero-order chi connectivity index (χ0) is 15.9. The van der Waals surface area contributed by atoms with Gasteiger partial charge < -0.3 is 4.74 Å². The van der Waals surface area contributed by atoms with E-state index in [-0.39, 0.29) is 5.97 Å². The van der Waals surface area contributed by atoms with Crippen LogP contribution in [0, 0.1) is 5.92 Å². The lowest BCUT2D eigenvalue weighted by Gasteiger charge is -2.20. The van der Waals surface area contributed by atoms with E-state index in [1.165, 1.54) is 49.7 Å². The fourth-order valence-corrected chi connectivity index (χ4v) is 4.01. The topological polar surface area (TPSA) is 26.3 Å². The van der Waals surface area contributed by atoms with Crippen LogP contribution < -0.4 is 0 Å². The summed E-state index contributed by atoms with van der Waals surface area (Å²) in [5.41, 5.74) is 3.31. The minimum atomic E-state index is -0.0741. The van der Waals surface area contributed by atoms with Crippen molar-refractivity contribution in [2.24, 2.45) is 5.92 Å². The summed E-state index contributed by atoms with van der Waals surface area (Å²) in [7, 11) is 0. The van der Waals surface area contributed by atoms with Crippen molar-refractivity contribution in [3.8, 4) is 0 Å². The molecule has 23 heavy (non-hydrogen) atoms. The molecule has 0 atom stereocenters. The third-order valence-electron chi connectivity index (χ3n) is 5.30. The molecule has 0 radical (unpaired) electrons. The van der Waals surface area contributed by atoms with E-state index in [2.05, 4.69) is 12.1 Å². The molecule has 0 spiro atoms.